The molecule has 0 saturated heterocycles. The maximum absolute atomic E-state index is 10.9. The fourth-order valence-electron chi connectivity index (χ4n) is 0.813. The lowest BCUT2D eigenvalue weighted by molar-refractivity contribution is -0.140. The number of carboxylic acid groups (broad SMARTS) is 1. The summed E-state index contributed by atoms with van der Waals surface area (Å²) in [6.07, 6.45) is 3.58. The van der Waals surface area contributed by atoms with Crippen molar-refractivity contribution in [1.29, 1.82) is 0 Å². The van der Waals surface area contributed by atoms with Crippen LogP contribution in [0.3, 0.4) is 0 Å². The number of hydrogen-bond donors (Lipinski definition) is 1. The maximum atomic E-state index is 10.9. The molecular formula is C16H26O8. The van der Waals surface area contributed by atoms with Crippen molar-refractivity contribution in [3.8, 4) is 0 Å². The van der Waals surface area contributed by atoms with E-state index in [9.17, 15) is 14.4 Å². The highest BCUT2D eigenvalue weighted by Crippen LogP contribution is 2.01. The maximum Gasteiger partial charge on any atom is 0.372 e. The minimum absolute atomic E-state index is 0.236. The van der Waals surface area contributed by atoms with Crippen LogP contribution in [0.15, 0.2) is 36.8 Å². The molecule has 0 fully saturated rings. The van der Waals surface area contributed by atoms with Crippen LogP contribution in [-0.4, -0.2) is 51.0 Å². The second-order valence-corrected chi connectivity index (χ2v) is 3.56. The van der Waals surface area contributed by atoms with Gasteiger partial charge in [-0.1, -0.05) is 13.5 Å². The summed E-state index contributed by atoms with van der Waals surface area (Å²) in [6, 6.07) is 0. The first-order valence-electron chi connectivity index (χ1n) is 6.83. The highest BCUT2D eigenvalue weighted by atomic mass is 16.6. The van der Waals surface area contributed by atoms with Crippen LogP contribution in [0.2, 0.25) is 0 Å². The van der Waals surface area contributed by atoms with Crippen LogP contribution in [0.1, 0.15) is 20.3 Å². The predicted molar refractivity (Wildman–Crippen MR) is 88.0 cm³/mol. The molecule has 0 amide bonds. The molecule has 0 bridgehead atoms. The minimum atomic E-state index is -1.12. The molecule has 8 heteroatoms. The van der Waals surface area contributed by atoms with Crippen molar-refractivity contribution in [2.45, 2.75) is 20.3 Å². The summed E-state index contributed by atoms with van der Waals surface area (Å²) in [7, 11) is 3.91. The van der Waals surface area contributed by atoms with E-state index in [-0.39, 0.29) is 5.76 Å². The van der Waals surface area contributed by atoms with Crippen molar-refractivity contribution in [2.75, 3.05) is 27.9 Å². The monoisotopic (exact) mass is 346 g/mol. The Morgan fingerprint density at radius 2 is 1.58 bits per heavy atom. The molecule has 0 atom stereocenters. The predicted octanol–water partition coefficient (Wildman–Crippen LogP) is 2.07. The lowest BCUT2D eigenvalue weighted by Crippen LogP contribution is -2.07. The topological polar surface area (TPSA) is 108 Å². The highest BCUT2D eigenvalue weighted by molar-refractivity contribution is 5.86. The zero-order valence-corrected chi connectivity index (χ0v) is 14.8. The first kappa shape index (κ1) is 26.1. The summed E-state index contributed by atoms with van der Waals surface area (Å²) in [5.41, 5.74) is 0. The third-order valence-corrected chi connectivity index (χ3v) is 1.93. The highest BCUT2D eigenvalue weighted by Gasteiger charge is 2.08. The second kappa shape index (κ2) is 18.3. The van der Waals surface area contributed by atoms with Crippen molar-refractivity contribution in [3.63, 3.8) is 0 Å². The van der Waals surface area contributed by atoms with Crippen molar-refractivity contribution >= 4 is 17.9 Å². The quantitative estimate of drug-likeness (QED) is 0.424. The second-order valence-electron chi connectivity index (χ2n) is 3.56. The molecule has 0 aliphatic rings. The van der Waals surface area contributed by atoms with E-state index in [1.54, 1.807) is 6.08 Å². The number of aliphatic carboxylic acids is 1. The zero-order chi connectivity index (χ0) is 19.5. The summed E-state index contributed by atoms with van der Waals surface area (Å²) in [4.78, 5) is 30.4. The van der Waals surface area contributed by atoms with Gasteiger partial charge in [0.25, 0.3) is 0 Å². The average molecular weight is 346 g/mol. The Morgan fingerprint density at radius 1 is 1.04 bits per heavy atom. The third kappa shape index (κ3) is 17.3. The van der Waals surface area contributed by atoms with Gasteiger partial charge in [-0.15, -0.1) is 0 Å². The Balaban J connectivity index is -0.000000294. The van der Waals surface area contributed by atoms with E-state index >= 15 is 0 Å². The van der Waals surface area contributed by atoms with Gasteiger partial charge in [0, 0.05) is 6.08 Å². The molecule has 0 aromatic carbocycles. The van der Waals surface area contributed by atoms with Gasteiger partial charge < -0.3 is 24.1 Å². The van der Waals surface area contributed by atoms with Crippen LogP contribution < -0.4 is 0 Å². The van der Waals surface area contributed by atoms with Crippen LogP contribution in [-0.2, 0) is 33.3 Å². The Kier molecular flexibility index (Phi) is 19.9. The summed E-state index contributed by atoms with van der Waals surface area (Å²) in [5.74, 6) is -1.86. The molecular weight excluding hydrogens is 320 g/mol. The van der Waals surface area contributed by atoms with Gasteiger partial charge in [0.05, 0.1) is 27.9 Å². The number of carbonyl (C=O) groups excluding carboxylic acids is 2. The molecule has 1 N–H and O–H groups in total. The summed E-state index contributed by atoms with van der Waals surface area (Å²) >= 11 is 0. The van der Waals surface area contributed by atoms with Crippen LogP contribution in [0.4, 0.5) is 0 Å². The van der Waals surface area contributed by atoms with Gasteiger partial charge in [-0.2, -0.15) is 0 Å². The van der Waals surface area contributed by atoms with Gasteiger partial charge in [0.1, 0.15) is 0 Å². The number of carbonyl (C=O) groups is 3. The molecule has 0 aromatic rings. The molecule has 0 heterocycles. The van der Waals surface area contributed by atoms with Crippen LogP contribution in [0.25, 0.3) is 0 Å². The van der Waals surface area contributed by atoms with E-state index in [1.165, 1.54) is 21.3 Å². The van der Waals surface area contributed by atoms with Crippen LogP contribution in [0, 0.1) is 0 Å². The Hall–Kier alpha value is -2.77. The number of rotatable bonds is 7. The number of esters is 2. The Morgan fingerprint density at radius 3 is 1.75 bits per heavy atom. The van der Waals surface area contributed by atoms with Gasteiger partial charge in [0.15, 0.2) is 5.76 Å². The third-order valence-electron chi connectivity index (χ3n) is 1.93. The number of hydrogen-bond acceptors (Lipinski definition) is 7. The van der Waals surface area contributed by atoms with E-state index in [0.717, 1.165) is 12.5 Å². The SMILES string of the molecule is C=C(OC)C(=O)O.C=CC(=O)OC.CCC=C(OCC)C(=O)OC. The number of ether oxygens (including phenoxy) is 4. The molecule has 0 radical (unpaired) electrons. The summed E-state index contributed by atoms with van der Waals surface area (Å²) in [6.45, 7) is 10.5. The number of allylic oxidation sites excluding steroid dienone is 1. The van der Waals surface area contributed by atoms with E-state index in [4.69, 9.17) is 9.84 Å². The smallest absolute Gasteiger partial charge is 0.372 e. The molecule has 0 rings (SSSR count). The van der Waals surface area contributed by atoms with Gasteiger partial charge in [-0.25, -0.2) is 14.4 Å². The first-order valence-corrected chi connectivity index (χ1v) is 6.83. The van der Waals surface area contributed by atoms with Gasteiger partial charge in [-0.05, 0) is 26.0 Å². The van der Waals surface area contributed by atoms with Gasteiger partial charge in [-0.3, -0.25) is 0 Å². The van der Waals surface area contributed by atoms with E-state index in [2.05, 4.69) is 27.4 Å². The number of methoxy groups -OCH3 is 3. The van der Waals surface area contributed by atoms with Crippen molar-refractivity contribution in [3.05, 3.63) is 36.8 Å². The van der Waals surface area contributed by atoms with Crippen LogP contribution in [0.5, 0.6) is 0 Å². The molecule has 0 unspecified atom stereocenters. The van der Waals surface area contributed by atoms with Gasteiger partial charge in [0.2, 0.25) is 5.76 Å². The standard InChI is InChI=1S/C8H14O3.C4H6O3.C4H6O2/c1-4-6-7(11-5-2)8(9)10-3;1-3(7-2)4(5)6;1-3-4(5)6-2/h6H,4-5H2,1-3H3;1H2,2H3,(H,5,6);3H,1H2,2H3. The normalized spacial score (nSPS) is 8.96. The molecule has 8 nitrogen and oxygen atoms in total. The molecule has 0 saturated carbocycles. The minimum Gasteiger partial charge on any atom is -0.490 e. The first-order chi connectivity index (χ1) is 11.2. The van der Waals surface area contributed by atoms with E-state index in [1.807, 2.05) is 13.8 Å². The van der Waals surface area contributed by atoms with E-state index in [0.29, 0.717) is 12.4 Å². The van der Waals surface area contributed by atoms with Crippen molar-refractivity contribution in [2.24, 2.45) is 0 Å². The molecule has 0 aliphatic heterocycles. The molecule has 0 aliphatic carbocycles. The summed E-state index contributed by atoms with van der Waals surface area (Å²) < 4.78 is 17.9. The number of carboxylic acids is 1. The zero-order valence-electron chi connectivity index (χ0n) is 14.8. The largest absolute Gasteiger partial charge is 0.490 e. The molecule has 138 valence electrons. The lowest BCUT2D eigenvalue weighted by Gasteiger charge is -2.04. The van der Waals surface area contributed by atoms with Crippen LogP contribution >= 0.6 is 0 Å². The molecule has 0 spiro atoms. The fourth-order valence-corrected chi connectivity index (χ4v) is 0.813. The Bertz CT molecular complexity index is 437. The average Bonchev–Trinajstić information content (AvgIpc) is 2.60. The van der Waals surface area contributed by atoms with E-state index < -0.39 is 17.9 Å². The lowest BCUT2D eigenvalue weighted by atomic mass is 10.4. The summed E-state index contributed by atoms with van der Waals surface area (Å²) in [5, 5.41) is 7.96. The molecule has 0 aromatic heterocycles. The molecule has 24 heavy (non-hydrogen) atoms. The van der Waals surface area contributed by atoms with Crippen molar-refractivity contribution in [1.82, 2.24) is 0 Å². The Labute approximate surface area is 142 Å². The van der Waals surface area contributed by atoms with Crippen molar-refractivity contribution < 1.29 is 38.4 Å². The van der Waals surface area contributed by atoms with Gasteiger partial charge >= 0.3 is 17.9 Å². The fraction of sp³-hybridized carbons (Fsp3) is 0.438.